The molecule has 0 radical (unpaired) electrons. The number of aryl methyl sites for hydroxylation is 2. The largest absolute Gasteiger partial charge is 0.356 e. The predicted molar refractivity (Wildman–Crippen MR) is 79.9 cm³/mol. The summed E-state index contributed by atoms with van der Waals surface area (Å²) in [5, 5.41) is 0. The van der Waals surface area contributed by atoms with Gasteiger partial charge >= 0.3 is 0 Å². The highest BCUT2D eigenvalue weighted by molar-refractivity contribution is 5.40. The van der Waals surface area contributed by atoms with E-state index in [0.29, 0.717) is 5.92 Å². The summed E-state index contributed by atoms with van der Waals surface area (Å²) in [5.41, 5.74) is 3.43. The maximum atomic E-state index is 4.59. The molecule has 3 rings (SSSR count). The topological polar surface area (TPSA) is 41.9 Å². The van der Waals surface area contributed by atoms with Crippen LogP contribution in [0.15, 0.2) is 30.7 Å². The lowest BCUT2D eigenvalue weighted by atomic mass is 9.94. The number of hydrogen-bond donors (Lipinski definition) is 0. The van der Waals surface area contributed by atoms with E-state index in [4.69, 9.17) is 0 Å². The summed E-state index contributed by atoms with van der Waals surface area (Å²) in [7, 11) is 0. The zero-order valence-electron chi connectivity index (χ0n) is 12.1. The summed E-state index contributed by atoms with van der Waals surface area (Å²) < 4.78 is 0. The van der Waals surface area contributed by atoms with Gasteiger partial charge in [0.2, 0.25) is 0 Å². The molecule has 1 aliphatic heterocycles. The number of pyridine rings is 1. The highest BCUT2D eigenvalue weighted by atomic mass is 15.2. The van der Waals surface area contributed by atoms with Gasteiger partial charge in [-0.05, 0) is 38.3 Å². The minimum atomic E-state index is 0.500. The van der Waals surface area contributed by atoms with E-state index in [2.05, 4.69) is 45.0 Å². The Morgan fingerprint density at radius 3 is 2.80 bits per heavy atom. The average Bonchev–Trinajstić information content (AvgIpc) is 2.48. The van der Waals surface area contributed by atoms with Crippen molar-refractivity contribution in [2.75, 3.05) is 18.0 Å². The van der Waals surface area contributed by atoms with Crippen molar-refractivity contribution in [3.63, 3.8) is 0 Å². The fraction of sp³-hybridized carbons (Fsp3) is 0.438. The van der Waals surface area contributed by atoms with E-state index < -0.39 is 0 Å². The molecule has 1 aliphatic rings. The average molecular weight is 268 g/mol. The van der Waals surface area contributed by atoms with Crippen LogP contribution in [0.2, 0.25) is 0 Å². The molecular formula is C16H20N4. The van der Waals surface area contributed by atoms with Crippen molar-refractivity contribution in [1.82, 2.24) is 15.0 Å². The summed E-state index contributed by atoms with van der Waals surface area (Å²) in [4.78, 5) is 15.5. The molecule has 0 aliphatic carbocycles. The smallest absolute Gasteiger partial charge is 0.132 e. The van der Waals surface area contributed by atoms with Gasteiger partial charge in [-0.3, -0.25) is 4.98 Å². The summed E-state index contributed by atoms with van der Waals surface area (Å²) in [6, 6.07) is 6.37. The molecule has 20 heavy (non-hydrogen) atoms. The lowest BCUT2D eigenvalue weighted by Crippen LogP contribution is -2.35. The summed E-state index contributed by atoms with van der Waals surface area (Å²) >= 11 is 0. The first-order valence-corrected chi connectivity index (χ1v) is 7.18. The molecule has 0 spiro atoms. The number of aromatic nitrogens is 3. The molecule has 1 fully saturated rings. The van der Waals surface area contributed by atoms with Gasteiger partial charge in [-0.2, -0.15) is 0 Å². The number of hydrogen-bond acceptors (Lipinski definition) is 4. The molecule has 4 heteroatoms. The molecule has 2 aromatic rings. The number of anilines is 1. The second-order valence-electron chi connectivity index (χ2n) is 5.56. The van der Waals surface area contributed by atoms with Gasteiger partial charge < -0.3 is 4.90 Å². The molecule has 1 unspecified atom stereocenters. The summed E-state index contributed by atoms with van der Waals surface area (Å²) in [6.45, 7) is 6.15. The number of rotatable bonds is 2. The van der Waals surface area contributed by atoms with E-state index in [0.717, 1.165) is 24.6 Å². The molecule has 0 aromatic carbocycles. The van der Waals surface area contributed by atoms with Gasteiger partial charge in [-0.15, -0.1) is 0 Å². The molecule has 0 saturated carbocycles. The lowest BCUT2D eigenvalue weighted by molar-refractivity contribution is 0.498. The Bertz CT molecular complexity index is 579. The normalized spacial score (nSPS) is 19.1. The van der Waals surface area contributed by atoms with Gasteiger partial charge in [0.25, 0.3) is 0 Å². The highest BCUT2D eigenvalue weighted by Crippen LogP contribution is 2.28. The Morgan fingerprint density at radius 2 is 2.05 bits per heavy atom. The van der Waals surface area contributed by atoms with Crippen LogP contribution in [0.25, 0.3) is 0 Å². The molecule has 0 bridgehead atoms. The molecule has 1 saturated heterocycles. The molecule has 0 amide bonds. The standard InChI is InChI=1S/C16H20N4/c1-12-5-6-15(17-9-12)14-4-3-7-20(10-14)16-8-13(2)18-11-19-16/h5-6,8-9,11,14H,3-4,7,10H2,1-2H3. The van der Waals surface area contributed by atoms with Crippen LogP contribution in [-0.4, -0.2) is 28.0 Å². The molecule has 104 valence electrons. The molecule has 4 nitrogen and oxygen atoms in total. The van der Waals surface area contributed by atoms with Crippen LogP contribution in [0.5, 0.6) is 0 Å². The zero-order valence-corrected chi connectivity index (χ0v) is 12.1. The number of nitrogens with zero attached hydrogens (tertiary/aromatic N) is 4. The van der Waals surface area contributed by atoms with Gasteiger partial charge in [-0.25, -0.2) is 9.97 Å². The van der Waals surface area contributed by atoms with E-state index in [1.54, 1.807) is 6.33 Å². The van der Waals surface area contributed by atoms with Gasteiger partial charge in [0.15, 0.2) is 0 Å². The van der Waals surface area contributed by atoms with Gasteiger partial charge in [0.05, 0.1) is 0 Å². The fourth-order valence-electron chi connectivity index (χ4n) is 2.76. The van der Waals surface area contributed by atoms with Crippen molar-refractivity contribution in [3.05, 3.63) is 47.7 Å². The van der Waals surface area contributed by atoms with Crippen LogP contribution < -0.4 is 4.90 Å². The third kappa shape index (κ3) is 2.79. The van der Waals surface area contributed by atoms with Crippen LogP contribution >= 0.6 is 0 Å². The first kappa shape index (κ1) is 13.0. The molecule has 3 heterocycles. The summed E-state index contributed by atoms with van der Waals surface area (Å²) in [6.07, 6.45) is 6.00. The van der Waals surface area contributed by atoms with Gasteiger partial charge in [-0.1, -0.05) is 6.07 Å². The maximum Gasteiger partial charge on any atom is 0.132 e. The Kier molecular flexibility index (Phi) is 3.63. The second kappa shape index (κ2) is 5.57. The Hall–Kier alpha value is -1.97. The van der Waals surface area contributed by atoms with Gasteiger partial charge in [0, 0.05) is 42.7 Å². The van der Waals surface area contributed by atoms with Crippen LogP contribution in [0.4, 0.5) is 5.82 Å². The van der Waals surface area contributed by atoms with E-state index in [1.165, 1.54) is 24.1 Å². The minimum Gasteiger partial charge on any atom is -0.356 e. The van der Waals surface area contributed by atoms with Crippen LogP contribution in [0, 0.1) is 13.8 Å². The quantitative estimate of drug-likeness (QED) is 0.840. The van der Waals surface area contributed by atoms with E-state index in [9.17, 15) is 0 Å². The first-order chi connectivity index (χ1) is 9.72. The van der Waals surface area contributed by atoms with Crippen molar-refractivity contribution < 1.29 is 0 Å². The Labute approximate surface area is 119 Å². The number of piperidine rings is 1. The first-order valence-electron chi connectivity index (χ1n) is 7.18. The fourth-order valence-corrected chi connectivity index (χ4v) is 2.76. The maximum absolute atomic E-state index is 4.59. The SMILES string of the molecule is Cc1ccc(C2CCCN(c3cc(C)ncn3)C2)nc1. The van der Waals surface area contributed by atoms with Crippen molar-refractivity contribution in [1.29, 1.82) is 0 Å². The van der Waals surface area contributed by atoms with Crippen molar-refractivity contribution >= 4 is 5.82 Å². The van der Waals surface area contributed by atoms with Crippen LogP contribution in [0.1, 0.15) is 35.7 Å². The van der Waals surface area contributed by atoms with E-state index in [-0.39, 0.29) is 0 Å². The molecular weight excluding hydrogens is 248 g/mol. The zero-order chi connectivity index (χ0) is 13.9. The van der Waals surface area contributed by atoms with Crippen molar-refractivity contribution in [3.8, 4) is 0 Å². The van der Waals surface area contributed by atoms with E-state index >= 15 is 0 Å². The molecule has 2 aromatic heterocycles. The van der Waals surface area contributed by atoms with Crippen molar-refractivity contribution in [2.45, 2.75) is 32.6 Å². The lowest BCUT2D eigenvalue weighted by Gasteiger charge is -2.33. The molecule has 1 atom stereocenters. The second-order valence-corrected chi connectivity index (χ2v) is 5.56. The van der Waals surface area contributed by atoms with E-state index in [1.807, 2.05) is 13.1 Å². The predicted octanol–water partition coefficient (Wildman–Crippen LogP) is 2.87. The monoisotopic (exact) mass is 268 g/mol. The summed E-state index contributed by atoms with van der Waals surface area (Å²) in [5.74, 6) is 1.54. The molecule has 0 N–H and O–H groups in total. The Balaban J connectivity index is 1.78. The van der Waals surface area contributed by atoms with Crippen LogP contribution in [0.3, 0.4) is 0 Å². The van der Waals surface area contributed by atoms with Gasteiger partial charge in [0.1, 0.15) is 12.1 Å². The Morgan fingerprint density at radius 1 is 1.15 bits per heavy atom. The third-order valence-electron chi connectivity index (χ3n) is 3.89. The highest BCUT2D eigenvalue weighted by Gasteiger charge is 2.23. The third-order valence-corrected chi connectivity index (χ3v) is 3.89. The van der Waals surface area contributed by atoms with Crippen LogP contribution in [-0.2, 0) is 0 Å². The minimum absolute atomic E-state index is 0.500. The van der Waals surface area contributed by atoms with Crippen molar-refractivity contribution in [2.24, 2.45) is 0 Å².